The van der Waals surface area contributed by atoms with E-state index in [0.717, 1.165) is 29.9 Å². The number of carbonyl (C=O) groups excluding carboxylic acids is 3. The summed E-state index contributed by atoms with van der Waals surface area (Å²) < 4.78 is 51.3. The molecule has 1 saturated heterocycles. The van der Waals surface area contributed by atoms with E-state index in [-0.39, 0.29) is 30.5 Å². The van der Waals surface area contributed by atoms with E-state index < -0.39 is 52.5 Å². The maximum absolute atomic E-state index is 14.7. The van der Waals surface area contributed by atoms with Gasteiger partial charge in [0.05, 0.1) is 4.90 Å². The minimum absolute atomic E-state index is 0.0204. The van der Waals surface area contributed by atoms with Gasteiger partial charge in [0.1, 0.15) is 25.4 Å². The Morgan fingerprint density at radius 3 is 2.17 bits per heavy atom. The highest BCUT2D eigenvalue weighted by molar-refractivity contribution is 7.86. The third kappa shape index (κ3) is 7.82. The predicted molar refractivity (Wildman–Crippen MR) is 150 cm³/mol. The lowest BCUT2D eigenvalue weighted by Crippen LogP contribution is -2.56. The van der Waals surface area contributed by atoms with Crippen LogP contribution < -0.4 is 0 Å². The Kier molecular flexibility index (Phi) is 10.1. The molecule has 0 N–H and O–H groups in total. The van der Waals surface area contributed by atoms with Crippen molar-refractivity contribution in [2.45, 2.75) is 64.0 Å². The van der Waals surface area contributed by atoms with Crippen LogP contribution in [-0.2, 0) is 35.2 Å². The summed E-state index contributed by atoms with van der Waals surface area (Å²) in [6, 6.07) is 13.5. The maximum atomic E-state index is 14.7. The fourth-order valence-electron chi connectivity index (χ4n) is 4.60. The largest absolute Gasteiger partial charge is 0.459 e. The molecule has 0 unspecified atom stereocenters. The molecule has 224 valence electrons. The number of benzene rings is 2. The minimum Gasteiger partial charge on any atom is -0.459 e. The van der Waals surface area contributed by atoms with E-state index in [1.807, 2.05) is 30.3 Å². The SMILES string of the molecule is Cc1ccc(S(=O)(=O)OC[C@@H]2N(C(=O)N(C)[C@H](C(=O)OCc3ccccc3)C(C)C)CCN2C(=O)C(C)(C)F)cc1. The van der Waals surface area contributed by atoms with Gasteiger partial charge in [-0.1, -0.05) is 61.9 Å². The molecule has 0 aliphatic carbocycles. The molecule has 2 aromatic carbocycles. The highest BCUT2D eigenvalue weighted by Gasteiger charge is 2.46. The molecule has 0 aromatic heterocycles. The van der Waals surface area contributed by atoms with Gasteiger partial charge in [-0.05, 0) is 44.4 Å². The number of rotatable bonds is 10. The molecule has 3 rings (SSSR count). The van der Waals surface area contributed by atoms with Gasteiger partial charge in [0.25, 0.3) is 16.0 Å². The third-order valence-electron chi connectivity index (χ3n) is 6.81. The summed E-state index contributed by atoms with van der Waals surface area (Å²) in [5, 5.41) is 0. The van der Waals surface area contributed by atoms with Crippen molar-refractivity contribution in [1.29, 1.82) is 0 Å². The van der Waals surface area contributed by atoms with Crippen molar-refractivity contribution in [1.82, 2.24) is 14.7 Å². The number of esters is 1. The van der Waals surface area contributed by atoms with Crippen molar-refractivity contribution in [3.05, 3.63) is 65.7 Å². The lowest BCUT2D eigenvalue weighted by atomic mass is 10.0. The van der Waals surface area contributed by atoms with Gasteiger partial charge in [-0.3, -0.25) is 13.9 Å². The molecule has 0 spiro atoms. The number of hydrogen-bond donors (Lipinski definition) is 0. The first-order chi connectivity index (χ1) is 19.1. The number of ether oxygens (including phenoxy) is 1. The molecule has 1 fully saturated rings. The fraction of sp³-hybridized carbons (Fsp3) is 0.483. The van der Waals surface area contributed by atoms with Crippen LogP contribution in [0.25, 0.3) is 0 Å². The zero-order chi connectivity index (χ0) is 30.5. The van der Waals surface area contributed by atoms with E-state index in [1.54, 1.807) is 32.9 Å². The van der Waals surface area contributed by atoms with Crippen LogP contribution in [0.5, 0.6) is 0 Å². The molecule has 1 aliphatic heterocycles. The average molecular weight is 592 g/mol. The van der Waals surface area contributed by atoms with E-state index in [2.05, 4.69) is 0 Å². The van der Waals surface area contributed by atoms with Gasteiger partial charge in [0.15, 0.2) is 5.67 Å². The number of nitrogens with zero attached hydrogens (tertiary/aromatic N) is 3. The summed E-state index contributed by atoms with van der Waals surface area (Å²) in [6.07, 6.45) is -1.24. The quantitative estimate of drug-likeness (QED) is 0.306. The van der Waals surface area contributed by atoms with Crippen LogP contribution in [0.15, 0.2) is 59.5 Å². The van der Waals surface area contributed by atoms with Gasteiger partial charge in [-0.15, -0.1) is 0 Å². The highest BCUT2D eigenvalue weighted by atomic mass is 32.2. The predicted octanol–water partition coefficient (Wildman–Crippen LogP) is 3.74. The highest BCUT2D eigenvalue weighted by Crippen LogP contribution is 2.26. The number of hydrogen-bond acceptors (Lipinski definition) is 7. The van der Waals surface area contributed by atoms with Crippen LogP contribution in [0.1, 0.15) is 38.8 Å². The van der Waals surface area contributed by atoms with Crippen molar-refractivity contribution in [3.8, 4) is 0 Å². The van der Waals surface area contributed by atoms with E-state index >= 15 is 0 Å². The zero-order valence-electron chi connectivity index (χ0n) is 24.2. The smallest absolute Gasteiger partial charge is 0.329 e. The Balaban J connectivity index is 1.83. The van der Waals surface area contributed by atoms with Crippen molar-refractivity contribution >= 4 is 28.0 Å². The number of likely N-dealkylation sites (N-methyl/N-ethyl adjacent to an activating group) is 1. The summed E-state index contributed by atoms with van der Waals surface area (Å²) in [6.45, 7) is 6.84. The van der Waals surface area contributed by atoms with E-state index in [0.29, 0.717) is 0 Å². The molecule has 3 amide bonds. The van der Waals surface area contributed by atoms with Crippen LogP contribution in [0.3, 0.4) is 0 Å². The average Bonchev–Trinajstić information content (AvgIpc) is 3.33. The van der Waals surface area contributed by atoms with Crippen molar-refractivity contribution in [2.24, 2.45) is 5.92 Å². The maximum Gasteiger partial charge on any atom is 0.329 e. The Morgan fingerprint density at radius 1 is 1.02 bits per heavy atom. The topological polar surface area (TPSA) is 114 Å². The van der Waals surface area contributed by atoms with E-state index in [9.17, 15) is 27.2 Å². The Hall–Kier alpha value is -3.51. The number of amides is 3. The summed E-state index contributed by atoms with van der Waals surface area (Å²) >= 11 is 0. The zero-order valence-corrected chi connectivity index (χ0v) is 25.1. The lowest BCUT2D eigenvalue weighted by Gasteiger charge is -2.36. The minimum atomic E-state index is -4.25. The van der Waals surface area contributed by atoms with Crippen molar-refractivity contribution in [2.75, 3.05) is 26.7 Å². The molecule has 1 heterocycles. The van der Waals surface area contributed by atoms with Gasteiger partial charge in [-0.25, -0.2) is 14.0 Å². The molecule has 2 atom stereocenters. The second-order valence-electron chi connectivity index (χ2n) is 10.9. The number of halogens is 1. The standard InChI is InChI=1S/C29H38FN3O7S/c1-20(2)25(26(34)39-18-22-10-8-7-9-11-22)31(6)28(36)33-17-16-32(27(35)29(4,5)30)24(33)19-40-41(37,38)23-14-12-21(3)13-15-23/h7-15,20,24-25H,16-19H2,1-6H3/t24-,25-/m0/s1. The van der Waals surface area contributed by atoms with E-state index in [1.165, 1.54) is 29.0 Å². The van der Waals surface area contributed by atoms with E-state index in [4.69, 9.17) is 8.92 Å². The molecule has 0 bridgehead atoms. The van der Waals surface area contributed by atoms with Gasteiger partial charge in [0, 0.05) is 20.1 Å². The van der Waals surface area contributed by atoms with Crippen LogP contribution in [0.4, 0.5) is 9.18 Å². The summed E-state index contributed by atoms with van der Waals surface area (Å²) in [5.74, 6) is -1.88. The van der Waals surface area contributed by atoms with Gasteiger partial charge >= 0.3 is 12.0 Å². The van der Waals surface area contributed by atoms with Gasteiger partial charge < -0.3 is 14.5 Å². The molecule has 0 radical (unpaired) electrons. The normalized spacial score (nSPS) is 16.5. The monoisotopic (exact) mass is 591 g/mol. The molecule has 2 aromatic rings. The first-order valence-corrected chi connectivity index (χ1v) is 14.7. The summed E-state index contributed by atoms with van der Waals surface area (Å²) in [7, 11) is -2.82. The van der Waals surface area contributed by atoms with Crippen molar-refractivity contribution in [3.63, 3.8) is 0 Å². The Labute approximate surface area is 241 Å². The van der Waals surface area contributed by atoms with Gasteiger partial charge in [-0.2, -0.15) is 8.42 Å². The third-order valence-corrected chi connectivity index (χ3v) is 8.11. The van der Waals surface area contributed by atoms with Crippen LogP contribution in [0, 0.1) is 12.8 Å². The Morgan fingerprint density at radius 2 is 1.61 bits per heavy atom. The van der Waals surface area contributed by atoms with Crippen molar-refractivity contribution < 1.29 is 36.1 Å². The molecule has 12 heteroatoms. The summed E-state index contributed by atoms with van der Waals surface area (Å²) in [5.41, 5.74) is -0.642. The first kappa shape index (κ1) is 32.0. The number of alkyl halides is 1. The van der Waals surface area contributed by atoms with Gasteiger partial charge in [0.2, 0.25) is 0 Å². The molecule has 1 aliphatic rings. The summed E-state index contributed by atoms with van der Waals surface area (Å²) in [4.78, 5) is 43.2. The van der Waals surface area contributed by atoms with Crippen LogP contribution in [-0.4, -0.2) is 85.6 Å². The lowest BCUT2D eigenvalue weighted by molar-refractivity contribution is -0.152. The van der Waals surface area contributed by atoms with Crippen LogP contribution >= 0.6 is 0 Å². The molecule has 41 heavy (non-hydrogen) atoms. The fourth-order valence-corrected chi connectivity index (χ4v) is 5.51. The second-order valence-corrected chi connectivity index (χ2v) is 12.5. The molecular formula is C29H38FN3O7S. The Bertz CT molecular complexity index is 1330. The van der Waals surface area contributed by atoms with Crippen LogP contribution in [0.2, 0.25) is 0 Å². The number of aryl methyl sites for hydroxylation is 1. The number of urea groups is 1. The first-order valence-electron chi connectivity index (χ1n) is 13.3. The molecule has 10 nitrogen and oxygen atoms in total. The second kappa shape index (κ2) is 13.0. The number of carbonyl (C=O) groups is 3. The molecule has 0 saturated carbocycles. The molecular weight excluding hydrogens is 553 g/mol.